The van der Waals surface area contributed by atoms with E-state index in [1.54, 1.807) is 7.11 Å². The average Bonchev–Trinajstić information content (AvgIpc) is 3.20. The van der Waals surface area contributed by atoms with Gasteiger partial charge in [0.2, 0.25) is 0 Å². The first-order valence-electron chi connectivity index (χ1n) is 6.76. The van der Waals surface area contributed by atoms with E-state index in [0.29, 0.717) is 0 Å². The molecule has 2 nitrogen and oxygen atoms in total. The fraction of sp³-hybridized carbons (Fsp3) is 0.600. The summed E-state index contributed by atoms with van der Waals surface area (Å²) in [5.41, 5.74) is 1.49. The highest BCUT2D eigenvalue weighted by Crippen LogP contribution is 2.45. The lowest BCUT2D eigenvalue weighted by Crippen LogP contribution is -2.32. The van der Waals surface area contributed by atoms with E-state index in [4.69, 9.17) is 4.74 Å². The first-order chi connectivity index (χ1) is 8.38. The molecule has 17 heavy (non-hydrogen) atoms. The molecule has 0 N–H and O–H groups in total. The maximum atomic E-state index is 5.20. The van der Waals surface area contributed by atoms with E-state index in [-0.39, 0.29) is 0 Å². The largest absolute Gasteiger partial charge is 0.497 e. The summed E-state index contributed by atoms with van der Waals surface area (Å²) in [7, 11) is 1.72. The summed E-state index contributed by atoms with van der Waals surface area (Å²) >= 11 is 0. The number of ether oxygens (including phenoxy) is 1. The number of methoxy groups -OCH3 is 1. The van der Waals surface area contributed by atoms with Gasteiger partial charge in [-0.05, 0) is 50.0 Å². The molecule has 0 spiro atoms. The second-order valence-corrected chi connectivity index (χ2v) is 5.28. The van der Waals surface area contributed by atoms with Crippen LogP contribution in [0.25, 0.3) is 0 Å². The van der Waals surface area contributed by atoms with Gasteiger partial charge in [-0.2, -0.15) is 0 Å². The van der Waals surface area contributed by atoms with Gasteiger partial charge in [0.15, 0.2) is 0 Å². The van der Waals surface area contributed by atoms with Crippen molar-refractivity contribution in [2.75, 3.05) is 20.2 Å². The molecule has 1 saturated heterocycles. The highest BCUT2D eigenvalue weighted by Gasteiger charge is 2.42. The summed E-state index contributed by atoms with van der Waals surface area (Å²) in [6.45, 7) is 2.63. The third-order valence-corrected chi connectivity index (χ3v) is 4.16. The summed E-state index contributed by atoms with van der Waals surface area (Å²) in [5.74, 6) is 1.74. The molecular weight excluding hydrogens is 210 g/mol. The maximum Gasteiger partial charge on any atom is 0.118 e. The van der Waals surface area contributed by atoms with Crippen molar-refractivity contribution in [2.45, 2.75) is 37.6 Å². The topological polar surface area (TPSA) is 12.5 Å². The van der Waals surface area contributed by atoms with Crippen molar-refractivity contribution in [3.63, 3.8) is 0 Å². The summed E-state index contributed by atoms with van der Waals surface area (Å²) < 4.78 is 5.20. The minimum absolute atomic E-state index is 0.777. The monoisotopic (exact) mass is 231 g/mol. The van der Waals surface area contributed by atoms with Crippen molar-refractivity contribution in [2.24, 2.45) is 0 Å². The van der Waals surface area contributed by atoms with Crippen LogP contribution in [0.1, 0.15) is 37.2 Å². The Bertz CT molecular complexity index is 367. The molecule has 3 rings (SSSR count). The summed E-state index contributed by atoms with van der Waals surface area (Å²) in [5, 5.41) is 0. The van der Waals surface area contributed by atoms with E-state index in [0.717, 1.165) is 17.7 Å². The van der Waals surface area contributed by atoms with Crippen LogP contribution in [0.5, 0.6) is 5.75 Å². The first-order valence-corrected chi connectivity index (χ1v) is 6.76. The lowest BCUT2D eigenvalue weighted by molar-refractivity contribution is 0.216. The van der Waals surface area contributed by atoms with Crippen molar-refractivity contribution in [3.05, 3.63) is 29.8 Å². The molecule has 0 aromatic heterocycles. The molecule has 1 aromatic rings. The standard InChI is InChI=1S/C15H21NO/c1-17-13-7-5-12(6-8-13)14-11-15(14)16-9-3-2-4-10-16/h5-8,14-15H,2-4,9-11H2,1H3/t14-,15+/m0/s1. The molecule has 1 aliphatic carbocycles. The first kappa shape index (κ1) is 11.1. The summed E-state index contributed by atoms with van der Waals surface area (Å²) in [6.07, 6.45) is 5.57. The van der Waals surface area contributed by atoms with E-state index in [1.165, 1.54) is 44.3 Å². The Morgan fingerprint density at radius 1 is 1.06 bits per heavy atom. The third kappa shape index (κ3) is 2.32. The van der Waals surface area contributed by atoms with Crippen LogP contribution in [0.2, 0.25) is 0 Å². The van der Waals surface area contributed by atoms with E-state index >= 15 is 0 Å². The lowest BCUT2D eigenvalue weighted by Gasteiger charge is -2.26. The van der Waals surface area contributed by atoms with Crippen molar-refractivity contribution in [3.8, 4) is 5.75 Å². The van der Waals surface area contributed by atoms with Crippen molar-refractivity contribution in [1.29, 1.82) is 0 Å². The molecule has 2 heteroatoms. The number of hydrogen-bond donors (Lipinski definition) is 0. The smallest absolute Gasteiger partial charge is 0.118 e. The van der Waals surface area contributed by atoms with Gasteiger partial charge < -0.3 is 4.74 Å². The fourth-order valence-electron chi connectivity index (χ4n) is 3.04. The second-order valence-electron chi connectivity index (χ2n) is 5.28. The molecule has 0 unspecified atom stereocenters. The number of rotatable bonds is 3. The molecular formula is C15H21NO. The van der Waals surface area contributed by atoms with Crippen LogP contribution in [0.15, 0.2) is 24.3 Å². The van der Waals surface area contributed by atoms with Gasteiger partial charge >= 0.3 is 0 Å². The zero-order chi connectivity index (χ0) is 11.7. The molecule has 0 radical (unpaired) electrons. The number of nitrogens with zero attached hydrogens (tertiary/aromatic N) is 1. The minimum Gasteiger partial charge on any atom is -0.497 e. The molecule has 0 bridgehead atoms. The van der Waals surface area contributed by atoms with Crippen molar-refractivity contribution < 1.29 is 4.74 Å². The number of piperidine rings is 1. The van der Waals surface area contributed by atoms with Gasteiger partial charge in [-0.25, -0.2) is 0 Å². The van der Waals surface area contributed by atoms with Gasteiger partial charge in [-0.3, -0.25) is 4.90 Å². The third-order valence-electron chi connectivity index (χ3n) is 4.16. The minimum atomic E-state index is 0.777. The fourth-order valence-corrected chi connectivity index (χ4v) is 3.04. The van der Waals surface area contributed by atoms with E-state index in [1.807, 2.05) is 0 Å². The summed E-state index contributed by atoms with van der Waals surface area (Å²) in [6, 6.07) is 9.45. The number of benzene rings is 1. The zero-order valence-corrected chi connectivity index (χ0v) is 10.6. The lowest BCUT2D eigenvalue weighted by atomic mass is 10.1. The highest BCUT2D eigenvalue weighted by molar-refractivity contribution is 5.33. The van der Waals surface area contributed by atoms with E-state index in [9.17, 15) is 0 Å². The van der Waals surface area contributed by atoms with Gasteiger partial charge in [0.05, 0.1) is 7.11 Å². The quantitative estimate of drug-likeness (QED) is 0.793. The zero-order valence-electron chi connectivity index (χ0n) is 10.6. The maximum absolute atomic E-state index is 5.20. The van der Waals surface area contributed by atoms with Gasteiger partial charge in [0, 0.05) is 12.0 Å². The Kier molecular flexibility index (Phi) is 3.06. The van der Waals surface area contributed by atoms with Crippen molar-refractivity contribution >= 4 is 0 Å². The van der Waals surface area contributed by atoms with Crippen LogP contribution in [0, 0.1) is 0 Å². The molecule has 1 aliphatic heterocycles. The number of hydrogen-bond acceptors (Lipinski definition) is 2. The Balaban J connectivity index is 1.62. The van der Waals surface area contributed by atoms with Gasteiger partial charge in [-0.15, -0.1) is 0 Å². The average molecular weight is 231 g/mol. The van der Waals surface area contributed by atoms with Crippen LogP contribution in [-0.4, -0.2) is 31.1 Å². The van der Waals surface area contributed by atoms with Crippen LogP contribution in [0.3, 0.4) is 0 Å². The molecule has 92 valence electrons. The van der Waals surface area contributed by atoms with Gasteiger partial charge in [0.1, 0.15) is 5.75 Å². The number of likely N-dealkylation sites (tertiary alicyclic amines) is 1. The van der Waals surface area contributed by atoms with E-state index < -0.39 is 0 Å². The Morgan fingerprint density at radius 3 is 2.41 bits per heavy atom. The molecule has 1 heterocycles. The highest BCUT2D eigenvalue weighted by atomic mass is 16.5. The molecule has 1 saturated carbocycles. The predicted octanol–water partition coefficient (Wildman–Crippen LogP) is 3.04. The Morgan fingerprint density at radius 2 is 1.76 bits per heavy atom. The molecule has 2 fully saturated rings. The molecule has 1 aromatic carbocycles. The predicted molar refractivity (Wildman–Crippen MR) is 69.6 cm³/mol. The molecule has 2 atom stereocenters. The van der Waals surface area contributed by atoms with E-state index in [2.05, 4.69) is 29.2 Å². The van der Waals surface area contributed by atoms with Crippen LogP contribution in [0.4, 0.5) is 0 Å². The molecule has 2 aliphatic rings. The van der Waals surface area contributed by atoms with Crippen molar-refractivity contribution in [1.82, 2.24) is 4.90 Å². The van der Waals surface area contributed by atoms with Gasteiger partial charge in [0.25, 0.3) is 0 Å². The summed E-state index contributed by atoms with van der Waals surface area (Å²) in [4.78, 5) is 2.69. The SMILES string of the molecule is COc1ccc([C@@H]2C[C@H]2N2CCCCC2)cc1. The molecule has 0 amide bonds. The Hall–Kier alpha value is -1.02. The second kappa shape index (κ2) is 4.69. The van der Waals surface area contributed by atoms with Crippen LogP contribution < -0.4 is 4.74 Å². The normalized spacial score (nSPS) is 29.0. The van der Waals surface area contributed by atoms with Crippen LogP contribution in [-0.2, 0) is 0 Å². The van der Waals surface area contributed by atoms with Gasteiger partial charge in [-0.1, -0.05) is 18.6 Å². The van der Waals surface area contributed by atoms with Crippen LogP contribution >= 0.6 is 0 Å². The Labute approximate surface area is 104 Å².